The summed E-state index contributed by atoms with van der Waals surface area (Å²) in [6.07, 6.45) is 5.97. The van der Waals surface area contributed by atoms with Crippen molar-refractivity contribution in [1.82, 2.24) is 5.32 Å². The van der Waals surface area contributed by atoms with Gasteiger partial charge in [0.05, 0.1) is 5.60 Å². The van der Waals surface area contributed by atoms with Gasteiger partial charge in [-0.25, -0.2) is 0 Å². The molecule has 2 heterocycles. The fourth-order valence-electron chi connectivity index (χ4n) is 4.88. The van der Waals surface area contributed by atoms with E-state index in [2.05, 4.69) is 61.6 Å². The largest absolute Gasteiger partial charge is 0.454 e. The van der Waals surface area contributed by atoms with Gasteiger partial charge in [-0.05, 0) is 87.6 Å². The minimum absolute atomic E-state index is 0.00938. The molecule has 0 spiro atoms. The van der Waals surface area contributed by atoms with Crippen LogP contribution in [0.5, 0.6) is 11.5 Å². The molecule has 1 N–H and O–H groups in total. The number of hydrogen-bond donors (Lipinski definition) is 1. The molecule has 0 aromatic heterocycles. The number of rotatable bonds is 9. The Labute approximate surface area is 180 Å². The summed E-state index contributed by atoms with van der Waals surface area (Å²) in [5.41, 5.74) is 2.71. The number of benzene rings is 2. The smallest absolute Gasteiger partial charge is 0.231 e. The van der Waals surface area contributed by atoms with Crippen LogP contribution in [-0.2, 0) is 17.7 Å². The van der Waals surface area contributed by atoms with Gasteiger partial charge in [0, 0.05) is 13.2 Å². The third kappa shape index (κ3) is 5.77. The highest BCUT2D eigenvalue weighted by molar-refractivity contribution is 5.44. The standard InChI is InChI=1S/C26H35NO3/c1-26(2)17-23(12-14-30-26)22(15-20-7-4-3-5-8-20)9-6-13-27-18-21-10-11-24-25(16-21)29-19-28-24/h3-5,7-8,10-11,16,22-23,27H,6,9,12-15,17-19H2,1-2H3. The average molecular weight is 410 g/mol. The second-order valence-electron chi connectivity index (χ2n) is 9.32. The molecule has 162 valence electrons. The molecule has 2 atom stereocenters. The lowest BCUT2D eigenvalue weighted by Crippen LogP contribution is -2.37. The minimum atomic E-state index is 0.00938. The van der Waals surface area contributed by atoms with Gasteiger partial charge in [0.2, 0.25) is 6.79 Å². The first-order chi connectivity index (χ1) is 14.6. The van der Waals surface area contributed by atoms with E-state index in [1.165, 1.54) is 36.8 Å². The SMILES string of the molecule is CC1(C)CC(C(CCCNCc2ccc3c(c2)OCO3)Cc2ccccc2)CCO1. The third-order valence-corrected chi connectivity index (χ3v) is 6.44. The first-order valence-electron chi connectivity index (χ1n) is 11.4. The van der Waals surface area contributed by atoms with E-state index in [4.69, 9.17) is 14.2 Å². The Bertz CT molecular complexity index is 805. The fraction of sp³-hybridized carbons (Fsp3) is 0.538. The Morgan fingerprint density at radius 2 is 1.87 bits per heavy atom. The van der Waals surface area contributed by atoms with Gasteiger partial charge < -0.3 is 19.5 Å². The Kier molecular flexibility index (Phi) is 6.96. The van der Waals surface area contributed by atoms with Crippen LogP contribution >= 0.6 is 0 Å². The van der Waals surface area contributed by atoms with E-state index >= 15 is 0 Å². The van der Waals surface area contributed by atoms with Crippen molar-refractivity contribution in [2.45, 2.75) is 58.1 Å². The molecule has 1 saturated heterocycles. The molecule has 0 aliphatic carbocycles. The number of hydrogen-bond acceptors (Lipinski definition) is 4. The molecule has 0 saturated carbocycles. The van der Waals surface area contributed by atoms with Crippen molar-refractivity contribution in [2.75, 3.05) is 19.9 Å². The number of fused-ring (bicyclic) bond motifs is 1. The van der Waals surface area contributed by atoms with E-state index in [9.17, 15) is 0 Å². The van der Waals surface area contributed by atoms with Crippen LogP contribution in [0.2, 0.25) is 0 Å². The molecule has 4 heteroatoms. The molecule has 0 bridgehead atoms. The van der Waals surface area contributed by atoms with Crippen LogP contribution in [0, 0.1) is 11.8 Å². The molecule has 2 aromatic carbocycles. The second kappa shape index (κ2) is 9.84. The highest BCUT2D eigenvalue weighted by atomic mass is 16.7. The molecule has 4 nitrogen and oxygen atoms in total. The van der Waals surface area contributed by atoms with Gasteiger partial charge in [-0.3, -0.25) is 0 Å². The Hall–Kier alpha value is -2.04. The van der Waals surface area contributed by atoms with Crippen LogP contribution in [-0.4, -0.2) is 25.5 Å². The van der Waals surface area contributed by atoms with Crippen molar-refractivity contribution >= 4 is 0 Å². The van der Waals surface area contributed by atoms with E-state index in [1.54, 1.807) is 0 Å². The summed E-state index contributed by atoms with van der Waals surface area (Å²) in [7, 11) is 0. The summed E-state index contributed by atoms with van der Waals surface area (Å²) in [6, 6.07) is 17.2. The van der Waals surface area contributed by atoms with Gasteiger partial charge >= 0.3 is 0 Å². The molecule has 0 amide bonds. The maximum atomic E-state index is 5.99. The van der Waals surface area contributed by atoms with Crippen molar-refractivity contribution < 1.29 is 14.2 Å². The first kappa shape index (κ1) is 21.2. The third-order valence-electron chi connectivity index (χ3n) is 6.44. The van der Waals surface area contributed by atoms with Gasteiger partial charge in [0.1, 0.15) is 0 Å². The van der Waals surface area contributed by atoms with Crippen molar-refractivity contribution in [2.24, 2.45) is 11.8 Å². The van der Waals surface area contributed by atoms with Gasteiger partial charge in [0.25, 0.3) is 0 Å². The monoisotopic (exact) mass is 409 g/mol. The molecule has 2 aliphatic rings. The lowest BCUT2D eigenvalue weighted by Gasteiger charge is -2.39. The molecule has 30 heavy (non-hydrogen) atoms. The summed E-state index contributed by atoms with van der Waals surface area (Å²) in [5.74, 6) is 3.16. The highest BCUT2D eigenvalue weighted by Gasteiger charge is 2.33. The Morgan fingerprint density at radius 1 is 1.03 bits per heavy atom. The molecule has 4 rings (SSSR count). The zero-order valence-electron chi connectivity index (χ0n) is 18.4. The predicted molar refractivity (Wildman–Crippen MR) is 120 cm³/mol. The summed E-state index contributed by atoms with van der Waals surface area (Å²) in [5, 5.41) is 3.61. The molecule has 2 aromatic rings. The van der Waals surface area contributed by atoms with Crippen molar-refractivity contribution in [3.05, 3.63) is 59.7 Å². The maximum Gasteiger partial charge on any atom is 0.231 e. The number of ether oxygens (including phenoxy) is 3. The zero-order valence-corrected chi connectivity index (χ0v) is 18.4. The van der Waals surface area contributed by atoms with Crippen LogP contribution in [0.3, 0.4) is 0 Å². The lowest BCUT2D eigenvalue weighted by molar-refractivity contribution is -0.0832. The van der Waals surface area contributed by atoms with E-state index in [0.717, 1.165) is 43.5 Å². The average Bonchev–Trinajstić information content (AvgIpc) is 3.20. The van der Waals surface area contributed by atoms with Crippen molar-refractivity contribution in [1.29, 1.82) is 0 Å². The Balaban J connectivity index is 1.28. The molecule has 2 aliphatic heterocycles. The number of nitrogens with one attached hydrogen (secondary N) is 1. The summed E-state index contributed by atoms with van der Waals surface area (Å²) in [4.78, 5) is 0. The van der Waals surface area contributed by atoms with Crippen LogP contribution in [0.4, 0.5) is 0 Å². The van der Waals surface area contributed by atoms with E-state index < -0.39 is 0 Å². The molecule has 1 fully saturated rings. The van der Waals surface area contributed by atoms with E-state index in [-0.39, 0.29) is 5.60 Å². The first-order valence-corrected chi connectivity index (χ1v) is 11.4. The molecule has 2 unspecified atom stereocenters. The quantitative estimate of drug-likeness (QED) is 0.567. The maximum absolute atomic E-state index is 5.99. The molecule has 0 radical (unpaired) electrons. The van der Waals surface area contributed by atoms with Crippen LogP contribution in [0.25, 0.3) is 0 Å². The summed E-state index contributed by atoms with van der Waals surface area (Å²) < 4.78 is 16.9. The van der Waals surface area contributed by atoms with Crippen molar-refractivity contribution in [3.63, 3.8) is 0 Å². The summed E-state index contributed by atoms with van der Waals surface area (Å²) >= 11 is 0. The van der Waals surface area contributed by atoms with Crippen LogP contribution < -0.4 is 14.8 Å². The molecular weight excluding hydrogens is 374 g/mol. The van der Waals surface area contributed by atoms with Gasteiger partial charge in [0.15, 0.2) is 11.5 Å². The fourth-order valence-corrected chi connectivity index (χ4v) is 4.88. The lowest BCUT2D eigenvalue weighted by atomic mass is 9.75. The predicted octanol–water partition coefficient (Wildman–Crippen LogP) is 5.35. The van der Waals surface area contributed by atoms with E-state index in [1.807, 2.05) is 6.07 Å². The van der Waals surface area contributed by atoms with Crippen molar-refractivity contribution in [3.8, 4) is 11.5 Å². The summed E-state index contributed by atoms with van der Waals surface area (Å²) in [6.45, 7) is 7.61. The van der Waals surface area contributed by atoms with Crippen LogP contribution in [0.15, 0.2) is 48.5 Å². The zero-order chi connectivity index (χ0) is 20.8. The minimum Gasteiger partial charge on any atom is -0.454 e. The van der Waals surface area contributed by atoms with Gasteiger partial charge in [-0.15, -0.1) is 0 Å². The Morgan fingerprint density at radius 3 is 2.70 bits per heavy atom. The normalized spacial score (nSPS) is 20.8. The van der Waals surface area contributed by atoms with Crippen LogP contribution in [0.1, 0.15) is 50.7 Å². The van der Waals surface area contributed by atoms with Gasteiger partial charge in [-0.2, -0.15) is 0 Å². The highest BCUT2D eigenvalue weighted by Crippen LogP contribution is 2.37. The topological polar surface area (TPSA) is 39.7 Å². The second-order valence-corrected chi connectivity index (χ2v) is 9.32. The molecular formula is C26H35NO3. The van der Waals surface area contributed by atoms with E-state index in [0.29, 0.717) is 12.7 Å². The van der Waals surface area contributed by atoms with Gasteiger partial charge in [-0.1, -0.05) is 36.4 Å².